The van der Waals surface area contributed by atoms with Crippen molar-refractivity contribution in [3.05, 3.63) is 53.1 Å². The van der Waals surface area contributed by atoms with Crippen molar-refractivity contribution < 1.29 is 9.59 Å². The number of hydrogen-bond acceptors (Lipinski definition) is 2. The summed E-state index contributed by atoms with van der Waals surface area (Å²) in [5.74, 6) is 1.01. The molecule has 0 N–H and O–H groups in total. The summed E-state index contributed by atoms with van der Waals surface area (Å²) >= 11 is 0. The Labute approximate surface area is 162 Å². The minimum Gasteiger partial charge on any atom is -0.299 e. The van der Waals surface area contributed by atoms with Crippen LogP contribution >= 0.6 is 0 Å². The second kappa shape index (κ2) is 8.37. The normalized spacial score (nSPS) is 30.6. The molecule has 2 saturated carbocycles. The summed E-state index contributed by atoms with van der Waals surface area (Å²) in [7, 11) is 0. The predicted molar refractivity (Wildman–Crippen MR) is 109 cm³/mol. The molecule has 0 spiro atoms. The lowest BCUT2D eigenvalue weighted by molar-refractivity contribution is -0.129. The molecular formula is C25H30O2. The standard InChI is InChI=1S/C25H30O2/c26-24-21(16-18-8-3-1-4-9-18)14-15-22(24)17-20-12-7-13-23(25(20)27)19-10-5-2-6-11-19/h1,3-4,8-10,16,20,22-23H,2,5-7,11-15,17H2/t20-,22+,23-/m1/s1. The van der Waals surface area contributed by atoms with E-state index in [4.69, 9.17) is 0 Å². The quantitative estimate of drug-likeness (QED) is 0.492. The molecule has 2 nitrogen and oxygen atoms in total. The lowest BCUT2D eigenvalue weighted by Crippen LogP contribution is -2.32. The molecule has 0 bridgehead atoms. The summed E-state index contributed by atoms with van der Waals surface area (Å²) in [4.78, 5) is 26.0. The number of carbonyl (C=O) groups is 2. The lowest BCUT2D eigenvalue weighted by Gasteiger charge is -2.31. The Morgan fingerprint density at radius 1 is 0.889 bits per heavy atom. The number of rotatable bonds is 4. The molecule has 27 heavy (non-hydrogen) atoms. The molecule has 0 radical (unpaired) electrons. The highest BCUT2D eigenvalue weighted by atomic mass is 16.1. The molecule has 1 aromatic carbocycles. The van der Waals surface area contributed by atoms with Crippen molar-refractivity contribution in [3.63, 3.8) is 0 Å². The monoisotopic (exact) mass is 362 g/mol. The van der Waals surface area contributed by atoms with Crippen LogP contribution in [-0.2, 0) is 9.59 Å². The molecular weight excluding hydrogens is 332 g/mol. The average molecular weight is 363 g/mol. The SMILES string of the molecule is O=C1C(=Cc2ccccc2)CC[C@H]1C[C@H]1CCC[C@H](C2=CCCCC2)C1=O. The average Bonchev–Trinajstić information content (AvgIpc) is 3.04. The van der Waals surface area contributed by atoms with E-state index >= 15 is 0 Å². The number of benzene rings is 1. The Balaban J connectivity index is 1.41. The van der Waals surface area contributed by atoms with Crippen molar-refractivity contribution in [2.75, 3.05) is 0 Å². The molecule has 0 saturated heterocycles. The van der Waals surface area contributed by atoms with Crippen LogP contribution in [0.25, 0.3) is 6.08 Å². The zero-order chi connectivity index (χ0) is 18.6. The highest BCUT2D eigenvalue weighted by molar-refractivity contribution is 6.03. The van der Waals surface area contributed by atoms with Gasteiger partial charge in [0.15, 0.2) is 5.78 Å². The fourth-order valence-electron chi connectivity index (χ4n) is 5.23. The van der Waals surface area contributed by atoms with E-state index in [0.29, 0.717) is 5.78 Å². The van der Waals surface area contributed by atoms with Crippen LogP contribution in [0.3, 0.4) is 0 Å². The predicted octanol–water partition coefficient (Wildman–Crippen LogP) is 5.93. The maximum atomic E-state index is 13.1. The molecule has 2 heteroatoms. The summed E-state index contributed by atoms with van der Waals surface area (Å²) in [5.41, 5.74) is 3.44. The fraction of sp³-hybridized carbons (Fsp3) is 0.520. The molecule has 3 aliphatic carbocycles. The van der Waals surface area contributed by atoms with Crippen LogP contribution in [0.5, 0.6) is 0 Å². The fourth-order valence-corrected chi connectivity index (χ4v) is 5.23. The summed E-state index contributed by atoms with van der Waals surface area (Å²) < 4.78 is 0. The van der Waals surface area contributed by atoms with Gasteiger partial charge in [0, 0.05) is 17.8 Å². The Morgan fingerprint density at radius 3 is 2.52 bits per heavy atom. The molecule has 0 unspecified atom stereocenters. The summed E-state index contributed by atoms with van der Waals surface area (Å²) in [6, 6.07) is 10.1. The Kier molecular flexibility index (Phi) is 5.71. The summed E-state index contributed by atoms with van der Waals surface area (Å²) in [6.07, 6.45) is 14.8. The third-order valence-electron chi connectivity index (χ3n) is 6.72. The Morgan fingerprint density at radius 2 is 1.74 bits per heavy atom. The van der Waals surface area contributed by atoms with E-state index in [9.17, 15) is 9.59 Å². The first-order valence-electron chi connectivity index (χ1n) is 10.7. The highest BCUT2D eigenvalue weighted by Gasteiger charge is 2.38. The molecule has 0 aliphatic heterocycles. The number of Topliss-reactive ketones (excluding diaryl/α,β-unsaturated/α-hetero) is 2. The van der Waals surface area contributed by atoms with Gasteiger partial charge in [-0.15, -0.1) is 0 Å². The molecule has 0 heterocycles. The van der Waals surface area contributed by atoms with Crippen molar-refractivity contribution >= 4 is 17.6 Å². The first-order chi connectivity index (χ1) is 13.2. The van der Waals surface area contributed by atoms with Crippen molar-refractivity contribution in [3.8, 4) is 0 Å². The van der Waals surface area contributed by atoms with Crippen molar-refractivity contribution in [1.82, 2.24) is 0 Å². The van der Waals surface area contributed by atoms with Gasteiger partial charge in [-0.25, -0.2) is 0 Å². The Bertz CT molecular complexity index is 756. The lowest BCUT2D eigenvalue weighted by atomic mass is 9.71. The van der Waals surface area contributed by atoms with Crippen molar-refractivity contribution in [2.24, 2.45) is 17.8 Å². The van der Waals surface area contributed by atoms with E-state index in [-0.39, 0.29) is 23.5 Å². The van der Waals surface area contributed by atoms with Crippen LogP contribution in [0.2, 0.25) is 0 Å². The molecule has 142 valence electrons. The second-order valence-electron chi connectivity index (χ2n) is 8.52. The van der Waals surface area contributed by atoms with Crippen LogP contribution in [-0.4, -0.2) is 11.6 Å². The van der Waals surface area contributed by atoms with Crippen LogP contribution in [0.15, 0.2) is 47.6 Å². The molecule has 1 aromatic rings. The number of carbonyl (C=O) groups excluding carboxylic acids is 2. The third kappa shape index (κ3) is 4.15. The topological polar surface area (TPSA) is 34.1 Å². The maximum Gasteiger partial charge on any atom is 0.161 e. The van der Waals surface area contributed by atoms with Gasteiger partial charge < -0.3 is 0 Å². The van der Waals surface area contributed by atoms with Crippen LogP contribution in [0.1, 0.15) is 69.8 Å². The van der Waals surface area contributed by atoms with Gasteiger partial charge in [0.05, 0.1) is 0 Å². The van der Waals surface area contributed by atoms with Gasteiger partial charge >= 0.3 is 0 Å². The Hall–Kier alpha value is -1.96. The van der Waals surface area contributed by atoms with Gasteiger partial charge in [-0.3, -0.25) is 9.59 Å². The van der Waals surface area contributed by atoms with E-state index in [1.165, 1.54) is 18.4 Å². The largest absolute Gasteiger partial charge is 0.299 e. The maximum absolute atomic E-state index is 13.1. The van der Waals surface area contributed by atoms with E-state index in [0.717, 1.165) is 62.5 Å². The second-order valence-corrected chi connectivity index (χ2v) is 8.52. The number of allylic oxidation sites excluding steroid dienone is 3. The molecule has 3 atom stereocenters. The van der Waals surface area contributed by atoms with Crippen LogP contribution < -0.4 is 0 Å². The van der Waals surface area contributed by atoms with Crippen molar-refractivity contribution in [1.29, 1.82) is 0 Å². The molecule has 4 rings (SSSR count). The minimum atomic E-state index is 0.0491. The van der Waals surface area contributed by atoms with Crippen LogP contribution in [0.4, 0.5) is 0 Å². The van der Waals surface area contributed by atoms with Crippen molar-refractivity contribution in [2.45, 2.75) is 64.2 Å². The van der Waals surface area contributed by atoms with Gasteiger partial charge in [0.2, 0.25) is 0 Å². The molecule has 0 aromatic heterocycles. The molecule has 3 aliphatic rings. The van der Waals surface area contributed by atoms with Gasteiger partial charge in [0.25, 0.3) is 0 Å². The van der Waals surface area contributed by atoms with E-state index in [1.54, 1.807) is 0 Å². The third-order valence-corrected chi connectivity index (χ3v) is 6.72. The molecule has 0 amide bonds. The van der Waals surface area contributed by atoms with Gasteiger partial charge in [-0.2, -0.15) is 0 Å². The number of hydrogen-bond donors (Lipinski definition) is 0. The highest BCUT2D eigenvalue weighted by Crippen LogP contribution is 2.40. The van der Waals surface area contributed by atoms with Crippen LogP contribution in [0, 0.1) is 17.8 Å². The number of ketones is 2. The van der Waals surface area contributed by atoms with Gasteiger partial charge in [0.1, 0.15) is 5.78 Å². The molecule has 2 fully saturated rings. The van der Waals surface area contributed by atoms with E-state index < -0.39 is 0 Å². The van der Waals surface area contributed by atoms with E-state index in [1.807, 2.05) is 36.4 Å². The van der Waals surface area contributed by atoms with Gasteiger partial charge in [-0.1, -0.05) is 48.4 Å². The first kappa shape index (κ1) is 18.4. The van der Waals surface area contributed by atoms with Gasteiger partial charge in [-0.05, 0) is 75.0 Å². The minimum absolute atomic E-state index is 0.0491. The zero-order valence-corrected chi connectivity index (χ0v) is 16.2. The first-order valence-corrected chi connectivity index (χ1v) is 10.7. The summed E-state index contributed by atoms with van der Waals surface area (Å²) in [5, 5.41) is 0. The summed E-state index contributed by atoms with van der Waals surface area (Å²) in [6.45, 7) is 0. The zero-order valence-electron chi connectivity index (χ0n) is 16.2. The smallest absolute Gasteiger partial charge is 0.161 e. The van der Waals surface area contributed by atoms with E-state index in [2.05, 4.69) is 6.08 Å².